The van der Waals surface area contributed by atoms with E-state index in [-0.39, 0.29) is 5.92 Å². The lowest BCUT2D eigenvalue weighted by Gasteiger charge is -2.32. The van der Waals surface area contributed by atoms with Crippen LogP contribution in [0.5, 0.6) is 0 Å². The van der Waals surface area contributed by atoms with Crippen molar-refractivity contribution in [3.05, 3.63) is 30.1 Å². The second-order valence-electron chi connectivity index (χ2n) is 4.43. The fourth-order valence-electron chi connectivity index (χ4n) is 2.47. The maximum atomic E-state index is 10.5. The largest absolute Gasteiger partial charge is 0.370 e. The van der Waals surface area contributed by atoms with Crippen molar-refractivity contribution in [2.75, 3.05) is 0 Å². The van der Waals surface area contributed by atoms with E-state index in [0.29, 0.717) is 5.69 Å². The van der Waals surface area contributed by atoms with Gasteiger partial charge in [-0.05, 0) is 25.0 Å². The molecule has 3 heteroatoms. The highest BCUT2D eigenvalue weighted by molar-refractivity contribution is 5.23. The van der Waals surface area contributed by atoms with Crippen LogP contribution in [0.25, 0.3) is 0 Å². The summed E-state index contributed by atoms with van der Waals surface area (Å²) in [6, 6.07) is 7.40. The molecule has 1 aromatic heterocycles. The SMILES string of the molecule is N#CC(O)(c1ccccn1)C1CCCCC1. The first kappa shape index (κ1) is 11.1. The van der Waals surface area contributed by atoms with Crippen molar-refractivity contribution in [1.82, 2.24) is 4.98 Å². The molecule has 1 aromatic rings. The maximum absolute atomic E-state index is 10.5. The van der Waals surface area contributed by atoms with Crippen LogP contribution >= 0.6 is 0 Å². The topological polar surface area (TPSA) is 56.9 Å². The van der Waals surface area contributed by atoms with Crippen LogP contribution in [0.2, 0.25) is 0 Å². The van der Waals surface area contributed by atoms with Gasteiger partial charge in [0.25, 0.3) is 0 Å². The van der Waals surface area contributed by atoms with Gasteiger partial charge in [0, 0.05) is 12.1 Å². The van der Waals surface area contributed by atoms with Gasteiger partial charge in [0.05, 0.1) is 5.69 Å². The molecule has 1 aliphatic rings. The van der Waals surface area contributed by atoms with E-state index in [4.69, 9.17) is 0 Å². The normalized spacial score (nSPS) is 21.0. The standard InChI is InChI=1S/C13H16N2O/c14-10-13(16,11-6-2-1-3-7-11)12-8-4-5-9-15-12/h4-5,8-9,11,16H,1-3,6-7H2. The van der Waals surface area contributed by atoms with E-state index in [2.05, 4.69) is 11.1 Å². The number of hydrogen-bond acceptors (Lipinski definition) is 3. The second-order valence-corrected chi connectivity index (χ2v) is 4.43. The van der Waals surface area contributed by atoms with Gasteiger partial charge >= 0.3 is 0 Å². The zero-order chi connectivity index (χ0) is 11.4. The molecule has 3 nitrogen and oxygen atoms in total. The summed E-state index contributed by atoms with van der Waals surface area (Å²) in [5.41, 5.74) is -0.911. The van der Waals surface area contributed by atoms with E-state index in [9.17, 15) is 10.4 Å². The predicted octanol–water partition coefficient (Wildman–Crippen LogP) is 2.37. The molecular formula is C13H16N2O. The van der Waals surface area contributed by atoms with Gasteiger partial charge in [-0.2, -0.15) is 5.26 Å². The Morgan fingerprint density at radius 3 is 2.62 bits per heavy atom. The summed E-state index contributed by atoms with van der Waals surface area (Å²) in [6.07, 6.45) is 6.87. The number of pyridine rings is 1. The summed E-state index contributed by atoms with van der Waals surface area (Å²) in [5.74, 6) is 0.0288. The third-order valence-corrected chi connectivity index (χ3v) is 3.42. The highest BCUT2D eigenvalue weighted by atomic mass is 16.3. The van der Waals surface area contributed by atoms with E-state index in [1.54, 1.807) is 18.3 Å². The van der Waals surface area contributed by atoms with Crippen molar-refractivity contribution in [3.8, 4) is 6.07 Å². The molecule has 1 aliphatic carbocycles. The summed E-state index contributed by atoms with van der Waals surface area (Å²) in [4.78, 5) is 4.12. The van der Waals surface area contributed by atoms with Crippen molar-refractivity contribution in [2.45, 2.75) is 37.7 Å². The van der Waals surface area contributed by atoms with Crippen LogP contribution in [-0.4, -0.2) is 10.1 Å². The third-order valence-electron chi connectivity index (χ3n) is 3.42. The van der Waals surface area contributed by atoms with Crippen LogP contribution in [0.15, 0.2) is 24.4 Å². The number of aliphatic hydroxyl groups is 1. The Balaban J connectivity index is 2.29. The van der Waals surface area contributed by atoms with Gasteiger partial charge in [-0.25, -0.2) is 0 Å². The summed E-state index contributed by atoms with van der Waals surface area (Å²) in [5, 5.41) is 19.7. The molecule has 0 bridgehead atoms. The Labute approximate surface area is 95.8 Å². The van der Waals surface area contributed by atoms with Crippen LogP contribution in [0.4, 0.5) is 0 Å². The van der Waals surface area contributed by atoms with Crippen molar-refractivity contribution in [3.63, 3.8) is 0 Å². The summed E-state index contributed by atoms with van der Waals surface area (Å²) in [7, 11) is 0. The first-order chi connectivity index (χ1) is 7.77. The molecule has 0 radical (unpaired) electrons. The minimum absolute atomic E-state index is 0.0288. The van der Waals surface area contributed by atoms with Crippen LogP contribution in [0.3, 0.4) is 0 Å². The molecule has 1 heterocycles. The van der Waals surface area contributed by atoms with Crippen LogP contribution in [-0.2, 0) is 5.60 Å². The molecule has 1 N–H and O–H groups in total. The van der Waals surface area contributed by atoms with Gasteiger partial charge in [-0.1, -0.05) is 25.3 Å². The molecule has 0 saturated heterocycles. The van der Waals surface area contributed by atoms with Gasteiger partial charge in [-0.3, -0.25) is 4.98 Å². The van der Waals surface area contributed by atoms with Crippen molar-refractivity contribution < 1.29 is 5.11 Å². The maximum Gasteiger partial charge on any atom is 0.196 e. The minimum Gasteiger partial charge on any atom is -0.370 e. The number of nitriles is 1. The molecule has 0 spiro atoms. The molecule has 2 rings (SSSR count). The zero-order valence-corrected chi connectivity index (χ0v) is 9.26. The molecular weight excluding hydrogens is 200 g/mol. The first-order valence-electron chi connectivity index (χ1n) is 5.82. The Bertz CT molecular complexity index is 379. The molecule has 0 aromatic carbocycles. The molecule has 16 heavy (non-hydrogen) atoms. The fraction of sp³-hybridized carbons (Fsp3) is 0.538. The zero-order valence-electron chi connectivity index (χ0n) is 9.26. The summed E-state index contributed by atoms with van der Waals surface area (Å²) < 4.78 is 0. The monoisotopic (exact) mass is 216 g/mol. The molecule has 1 saturated carbocycles. The molecule has 1 fully saturated rings. The Morgan fingerprint density at radius 2 is 2.06 bits per heavy atom. The molecule has 1 atom stereocenters. The van der Waals surface area contributed by atoms with Gasteiger partial charge in [0.1, 0.15) is 6.07 Å². The van der Waals surface area contributed by atoms with E-state index < -0.39 is 5.60 Å². The molecule has 84 valence electrons. The number of nitrogens with zero attached hydrogens (tertiary/aromatic N) is 2. The van der Waals surface area contributed by atoms with E-state index in [1.807, 2.05) is 6.07 Å². The first-order valence-corrected chi connectivity index (χ1v) is 5.82. The van der Waals surface area contributed by atoms with Crippen molar-refractivity contribution in [2.24, 2.45) is 5.92 Å². The Kier molecular flexibility index (Phi) is 3.21. The smallest absolute Gasteiger partial charge is 0.196 e. The van der Waals surface area contributed by atoms with E-state index >= 15 is 0 Å². The highest BCUT2D eigenvalue weighted by Crippen LogP contribution is 2.37. The van der Waals surface area contributed by atoms with Crippen molar-refractivity contribution >= 4 is 0 Å². The second kappa shape index (κ2) is 4.63. The summed E-state index contributed by atoms with van der Waals surface area (Å²) >= 11 is 0. The van der Waals surface area contributed by atoms with Crippen LogP contribution in [0.1, 0.15) is 37.8 Å². The Hall–Kier alpha value is -1.40. The lowest BCUT2D eigenvalue weighted by atomic mass is 9.76. The fourth-order valence-corrected chi connectivity index (χ4v) is 2.47. The minimum atomic E-state index is -1.40. The van der Waals surface area contributed by atoms with Gasteiger partial charge < -0.3 is 5.11 Å². The third kappa shape index (κ3) is 1.94. The quantitative estimate of drug-likeness (QED) is 0.772. The predicted molar refractivity (Wildman–Crippen MR) is 60.3 cm³/mol. The van der Waals surface area contributed by atoms with Gasteiger partial charge in [-0.15, -0.1) is 0 Å². The number of hydrogen-bond donors (Lipinski definition) is 1. The molecule has 1 unspecified atom stereocenters. The van der Waals surface area contributed by atoms with Gasteiger partial charge in [0.15, 0.2) is 5.60 Å². The molecule has 0 aliphatic heterocycles. The number of aromatic nitrogens is 1. The number of rotatable bonds is 2. The van der Waals surface area contributed by atoms with E-state index in [1.165, 1.54) is 6.42 Å². The summed E-state index contributed by atoms with van der Waals surface area (Å²) in [6.45, 7) is 0. The van der Waals surface area contributed by atoms with Crippen LogP contribution in [0, 0.1) is 17.2 Å². The average Bonchev–Trinajstić information content (AvgIpc) is 2.40. The lowest BCUT2D eigenvalue weighted by Crippen LogP contribution is -2.35. The van der Waals surface area contributed by atoms with E-state index in [0.717, 1.165) is 25.7 Å². The Morgan fingerprint density at radius 1 is 1.31 bits per heavy atom. The van der Waals surface area contributed by atoms with Gasteiger partial charge in [0.2, 0.25) is 0 Å². The van der Waals surface area contributed by atoms with Crippen LogP contribution < -0.4 is 0 Å². The lowest BCUT2D eigenvalue weighted by molar-refractivity contribution is 0.0103. The molecule has 0 amide bonds. The highest BCUT2D eigenvalue weighted by Gasteiger charge is 2.40. The average molecular weight is 216 g/mol. The van der Waals surface area contributed by atoms with Crippen molar-refractivity contribution in [1.29, 1.82) is 5.26 Å².